The molecule has 289 valence electrons. The topological polar surface area (TPSA) is 279 Å². The minimum atomic E-state index is -0.879. The SMILES string of the molecule is CCCCC1C(=O)C(C#N)=C(C)C(N=Nc2cc([N+](=O)[O-])ccc2O)=C1O.[C-]#[N+]C1=C(C)C(N=Nc2cc([N+](=O)[O-])ccc2O)=C(O)C(CCCC)C1=O.[Co]. The van der Waals surface area contributed by atoms with Crippen molar-refractivity contribution < 1.29 is 56.6 Å². The van der Waals surface area contributed by atoms with Gasteiger partial charge in [0, 0.05) is 46.6 Å². The molecule has 1 radical (unpaired) electrons. The molecule has 0 saturated carbocycles. The summed E-state index contributed by atoms with van der Waals surface area (Å²) in [6.07, 6.45) is 3.70. The number of nitriles is 1. The largest absolute Gasteiger partial charge is 0.509 e. The summed E-state index contributed by atoms with van der Waals surface area (Å²) >= 11 is 0. The number of hydrogen-bond acceptors (Lipinski definition) is 15. The third kappa shape index (κ3) is 10.3. The van der Waals surface area contributed by atoms with E-state index in [1.165, 1.54) is 13.8 Å². The summed E-state index contributed by atoms with van der Waals surface area (Å²) in [5.41, 5.74) is -0.863. The molecule has 0 aromatic heterocycles. The number of phenolic OH excluding ortho intramolecular Hbond substituents is 2. The number of allylic oxidation sites excluding steroid dienone is 6. The van der Waals surface area contributed by atoms with Gasteiger partial charge in [0.15, 0.2) is 11.6 Å². The maximum absolute atomic E-state index is 12.4. The fourth-order valence-electron chi connectivity index (χ4n) is 5.40. The second-order valence-corrected chi connectivity index (χ2v) is 12.0. The molecule has 0 fully saturated rings. The van der Waals surface area contributed by atoms with Crippen LogP contribution < -0.4 is 0 Å². The molecule has 0 bridgehead atoms. The van der Waals surface area contributed by atoms with Gasteiger partial charge in [-0.3, -0.25) is 25.0 Å². The fourth-order valence-corrected chi connectivity index (χ4v) is 5.40. The second kappa shape index (κ2) is 20.0. The Morgan fingerprint density at radius 2 is 1.18 bits per heavy atom. The summed E-state index contributed by atoms with van der Waals surface area (Å²) in [5, 5.41) is 87.0. The normalized spacial score (nSPS) is 17.2. The van der Waals surface area contributed by atoms with E-state index in [0.717, 1.165) is 49.2 Å². The number of hydrogen-bond donors (Lipinski definition) is 4. The molecule has 2 aliphatic rings. The molecule has 18 nitrogen and oxygen atoms in total. The van der Waals surface area contributed by atoms with Crippen LogP contribution in [0.5, 0.6) is 11.5 Å². The number of phenols is 2. The Hall–Kier alpha value is -6.57. The maximum atomic E-state index is 12.4. The number of aliphatic hydroxyl groups is 2. The zero-order valence-corrected chi connectivity index (χ0v) is 31.1. The van der Waals surface area contributed by atoms with Gasteiger partial charge in [-0.15, -0.1) is 20.5 Å². The first-order valence-corrected chi connectivity index (χ1v) is 16.6. The van der Waals surface area contributed by atoms with Gasteiger partial charge < -0.3 is 25.2 Å². The van der Waals surface area contributed by atoms with Gasteiger partial charge in [-0.05, 0) is 44.4 Å². The fraction of sp³-hybridized carbons (Fsp3) is 0.333. The van der Waals surface area contributed by atoms with Crippen LogP contribution in [0.3, 0.4) is 0 Å². The molecular weight excluding hydrogens is 763 g/mol. The van der Waals surface area contributed by atoms with Gasteiger partial charge in [-0.25, -0.2) is 4.85 Å². The number of aromatic hydroxyl groups is 2. The number of ketones is 2. The van der Waals surface area contributed by atoms with Crippen molar-refractivity contribution >= 4 is 34.3 Å². The molecule has 55 heavy (non-hydrogen) atoms. The van der Waals surface area contributed by atoms with E-state index in [1.807, 2.05) is 19.9 Å². The van der Waals surface area contributed by atoms with E-state index in [4.69, 9.17) is 6.57 Å². The van der Waals surface area contributed by atoms with Crippen molar-refractivity contribution in [1.82, 2.24) is 0 Å². The van der Waals surface area contributed by atoms with E-state index in [-0.39, 0.29) is 96.4 Å². The first kappa shape index (κ1) is 44.6. The van der Waals surface area contributed by atoms with Crippen molar-refractivity contribution in [3.8, 4) is 17.6 Å². The van der Waals surface area contributed by atoms with Crippen LogP contribution in [0.2, 0.25) is 0 Å². The van der Waals surface area contributed by atoms with Crippen LogP contribution in [0.4, 0.5) is 22.7 Å². The van der Waals surface area contributed by atoms with Gasteiger partial charge in [0.1, 0.15) is 57.4 Å². The first-order chi connectivity index (χ1) is 25.6. The summed E-state index contributed by atoms with van der Waals surface area (Å²) in [6, 6.07) is 8.36. The molecule has 0 heterocycles. The van der Waals surface area contributed by atoms with Crippen molar-refractivity contribution in [2.45, 2.75) is 66.2 Å². The van der Waals surface area contributed by atoms with Gasteiger partial charge in [-0.1, -0.05) is 39.5 Å². The summed E-state index contributed by atoms with van der Waals surface area (Å²) < 4.78 is 0. The Bertz CT molecular complexity index is 2010. The number of rotatable bonds is 12. The number of Topliss-reactive ketones (excluding diaryl/α,β-unsaturated/α-hetero) is 2. The maximum Gasteiger partial charge on any atom is 0.271 e. The molecule has 2 aromatic carbocycles. The first-order valence-electron chi connectivity index (χ1n) is 16.6. The van der Waals surface area contributed by atoms with Crippen LogP contribution in [0.25, 0.3) is 4.85 Å². The molecule has 2 aromatic rings. The number of nitro benzene ring substituents is 2. The molecule has 0 saturated heterocycles. The van der Waals surface area contributed by atoms with Crippen LogP contribution in [0.1, 0.15) is 66.2 Å². The van der Waals surface area contributed by atoms with E-state index in [9.17, 15) is 55.5 Å². The predicted octanol–water partition coefficient (Wildman–Crippen LogP) is 9.12. The van der Waals surface area contributed by atoms with E-state index in [0.29, 0.717) is 25.7 Å². The van der Waals surface area contributed by atoms with E-state index in [1.54, 1.807) is 0 Å². The monoisotopic (exact) mass is 799 g/mol. The molecule has 19 heteroatoms. The summed E-state index contributed by atoms with van der Waals surface area (Å²) in [5.74, 6) is -3.90. The zero-order chi connectivity index (χ0) is 40.3. The van der Waals surface area contributed by atoms with Crippen LogP contribution >= 0.6 is 0 Å². The van der Waals surface area contributed by atoms with Gasteiger partial charge in [0.25, 0.3) is 11.4 Å². The number of nitro groups is 2. The number of non-ortho nitro benzene ring substituents is 2. The minimum absolute atomic E-state index is 0. The molecule has 4 N–H and O–H groups in total. The van der Waals surface area contributed by atoms with Gasteiger partial charge in [-0.2, -0.15) is 5.26 Å². The number of aliphatic hydroxyl groups excluding tert-OH is 2. The molecule has 4 rings (SSSR count). The molecular formula is C36H36CoN8O10. The standard InChI is InChI=1S/2C18H18N4O5.Co/c1-4-5-6-12-17(24)15(19-3)10(2)16(18(12)25)21-20-13-9-11(22(26)27)7-8-14(13)23;1-3-4-5-12-17(24)13(9-19)10(2)16(18(12)25)21-20-14-8-11(22(26)27)6-7-15(14)23;/h7-9,12,23,25H,4-6H2,1-2H3;6-8,12,23,25H,3-5H2,1-2H3;. The Morgan fingerprint density at radius 1 is 0.764 bits per heavy atom. The molecule has 0 spiro atoms. The van der Waals surface area contributed by atoms with E-state index >= 15 is 0 Å². The van der Waals surface area contributed by atoms with Crippen molar-refractivity contribution in [3.63, 3.8) is 0 Å². The molecule has 2 unspecified atom stereocenters. The van der Waals surface area contributed by atoms with Crippen molar-refractivity contribution in [2.24, 2.45) is 32.3 Å². The van der Waals surface area contributed by atoms with Crippen molar-refractivity contribution in [3.05, 3.63) is 113 Å². The molecule has 0 aliphatic heterocycles. The van der Waals surface area contributed by atoms with Crippen LogP contribution in [-0.2, 0) is 26.4 Å². The van der Waals surface area contributed by atoms with Crippen LogP contribution in [-0.4, -0.2) is 41.8 Å². The van der Waals surface area contributed by atoms with Gasteiger partial charge >= 0.3 is 0 Å². The summed E-state index contributed by atoms with van der Waals surface area (Å²) in [6.45, 7) is 14.1. The van der Waals surface area contributed by atoms with Crippen molar-refractivity contribution in [2.75, 3.05) is 0 Å². The zero-order valence-electron chi connectivity index (χ0n) is 30.0. The molecule has 2 atom stereocenters. The molecule has 0 amide bonds. The van der Waals surface area contributed by atoms with Crippen LogP contribution in [0, 0.1) is 50.0 Å². The Balaban J connectivity index is 0.000000373. The number of carbonyl (C=O) groups excluding carboxylic acids is 2. The minimum Gasteiger partial charge on any atom is -0.509 e. The van der Waals surface area contributed by atoms with E-state index < -0.39 is 33.2 Å². The number of azo groups is 2. The van der Waals surface area contributed by atoms with Crippen molar-refractivity contribution in [1.29, 1.82) is 5.26 Å². The van der Waals surface area contributed by atoms with Gasteiger partial charge in [0.2, 0.25) is 5.70 Å². The van der Waals surface area contributed by atoms with Gasteiger partial charge in [0.05, 0.1) is 28.3 Å². The average Bonchev–Trinajstić information content (AvgIpc) is 3.13. The number of carbonyl (C=O) groups is 2. The Labute approximate surface area is 324 Å². The number of benzene rings is 2. The smallest absolute Gasteiger partial charge is 0.271 e. The number of unbranched alkanes of at least 4 members (excludes halogenated alkanes) is 2. The quantitative estimate of drug-likeness (QED) is 0.0679. The second-order valence-electron chi connectivity index (χ2n) is 12.0. The third-order valence-electron chi connectivity index (χ3n) is 8.47. The van der Waals surface area contributed by atoms with Crippen LogP contribution in [0.15, 0.2) is 102 Å². The number of nitrogens with zero attached hydrogens (tertiary/aromatic N) is 8. The average molecular weight is 800 g/mol. The predicted molar refractivity (Wildman–Crippen MR) is 192 cm³/mol. The summed E-state index contributed by atoms with van der Waals surface area (Å²) in [7, 11) is 0. The Kier molecular flexibility index (Phi) is 16.2. The summed E-state index contributed by atoms with van der Waals surface area (Å²) in [4.78, 5) is 48.5. The third-order valence-corrected chi connectivity index (χ3v) is 8.47. The molecule has 2 aliphatic carbocycles. The Morgan fingerprint density at radius 3 is 1.56 bits per heavy atom. The van der Waals surface area contributed by atoms with E-state index in [2.05, 4.69) is 25.3 Å².